The van der Waals surface area contributed by atoms with Gasteiger partial charge in [-0.05, 0) is 60.2 Å². The molecular weight excluding hydrogens is 577 g/mol. The van der Waals surface area contributed by atoms with Gasteiger partial charge in [-0.25, -0.2) is 0 Å². The second-order valence-electron chi connectivity index (χ2n) is 8.61. The first kappa shape index (κ1) is 29.8. The molecule has 0 saturated heterocycles. The van der Waals surface area contributed by atoms with Crippen LogP contribution >= 0.6 is 23.4 Å². The Balaban J connectivity index is 1.54. The molecule has 1 atom stereocenters. The number of hydrogen-bond acceptors (Lipinski definition) is 5. The largest absolute Gasteiger partial charge is 0.496 e. The summed E-state index contributed by atoms with van der Waals surface area (Å²) >= 11 is 7.29. The molecule has 0 bridgehead atoms. The van der Waals surface area contributed by atoms with Gasteiger partial charge in [0.1, 0.15) is 22.3 Å². The van der Waals surface area contributed by atoms with Gasteiger partial charge in [-0.3, -0.25) is 9.59 Å². The van der Waals surface area contributed by atoms with Crippen LogP contribution in [0.4, 0.5) is 24.5 Å². The Bertz CT molecular complexity index is 1510. The van der Waals surface area contributed by atoms with E-state index < -0.39 is 28.8 Å². The van der Waals surface area contributed by atoms with Gasteiger partial charge in [-0.15, -0.1) is 11.8 Å². The first-order valence-electron chi connectivity index (χ1n) is 12.1. The van der Waals surface area contributed by atoms with E-state index in [0.29, 0.717) is 27.6 Å². The van der Waals surface area contributed by atoms with Gasteiger partial charge in [0, 0.05) is 10.6 Å². The summed E-state index contributed by atoms with van der Waals surface area (Å²) in [6.45, 7) is 0. The van der Waals surface area contributed by atoms with Crippen LogP contribution in [0.3, 0.4) is 0 Å². The van der Waals surface area contributed by atoms with Crippen molar-refractivity contribution < 1.29 is 32.2 Å². The molecular formula is C30H24ClF3N2O4S. The molecule has 0 heterocycles. The molecule has 0 spiro atoms. The van der Waals surface area contributed by atoms with Crippen molar-refractivity contribution in [1.82, 2.24) is 0 Å². The smallest absolute Gasteiger partial charge is 0.416 e. The SMILES string of the molecule is COc1cccc(OC)c1C(=O)Nc1ccc(SC(C(=O)Nc2cc(C(F)(F)F)ccc2Cl)c2ccccc2)cc1. The van der Waals surface area contributed by atoms with E-state index in [-0.39, 0.29) is 16.3 Å². The number of nitrogens with one attached hydrogen (secondary N) is 2. The van der Waals surface area contributed by atoms with Gasteiger partial charge in [0.2, 0.25) is 5.91 Å². The summed E-state index contributed by atoms with van der Waals surface area (Å²) < 4.78 is 50.3. The molecule has 11 heteroatoms. The lowest BCUT2D eigenvalue weighted by Crippen LogP contribution is -2.19. The molecule has 2 N–H and O–H groups in total. The monoisotopic (exact) mass is 600 g/mol. The fourth-order valence-electron chi connectivity index (χ4n) is 3.92. The maximum atomic E-state index is 13.4. The molecule has 0 radical (unpaired) electrons. The summed E-state index contributed by atoms with van der Waals surface area (Å²) in [5.41, 5.74) is 0.301. The van der Waals surface area contributed by atoms with Crippen LogP contribution in [0.2, 0.25) is 5.02 Å². The predicted octanol–water partition coefficient (Wildman–Crippen LogP) is 8.10. The van der Waals surface area contributed by atoms with E-state index in [1.807, 2.05) is 0 Å². The number of carbonyl (C=O) groups excluding carboxylic acids is 2. The molecule has 6 nitrogen and oxygen atoms in total. The molecule has 4 aromatic rings. The molecule has 4 aromatic carbocycles. The number of carbonyl (C=O) groups is 2. The standard InChI is InChI=1S/C30H24ClF3N2O4S/c1-39-24-9-6-10-25(40-2)26(24)28(37)35-20-12-14-21(15-13-20)41-27(18-7-4-3-5-8-18)29(38)36-23-17-19(30(32,33)34)11-16-22(23)31/h3-17,27H,1-2H3,(H,35,37)(H,36,38). The van der Waals surface area contributed by atoms with Crippen LogP contribution in [0.5, 0.6) is 11.5 Å². The summed E-state index contributed by atoms with van der Waals surface area (Å²) in [5, 5.41) is 4.51. The van der Waals surface area contributed by atoms with Gasteiger partial charge in [0.25, 0.3) is 5.91 Å². The second-order valence-corrected chi connectivity index (χ2v) is 10.2. The normalized spacial score (nSPS) is 11.9. The lowest BCUT2D eigenvalue weighted by Gasteiger charge is -2.19. The second kappa shape index (κ2) is 13.0. The van der Waals surface area contributed by atoms with Gasteiger partial charge in [0.15, 0.2) is 0 Å². The zero-order chi connectivity index (χ0) is 29.6. The van der Waals surface area contributed by atoms with Crippen LogP contribution in [0.25, 0.3) is 0 Å². The molecule has 0 aliphatic heterocycles. The maximum absolute atomic E-state index is 13.4. The summed E-state index contributed by atoms with van der Waals surface area (Å²) in [7, 11) is 2.91. The number of rotatable bonds is 9. The predicted molar refractivity (Wildman–Crippen MR) is 154 cm³/mol. The third-order valence-corrected chi connectivity index (χ3v) is 7.51. The van der Waals surface area contributed by atoms with Crippen LogP contribution < -0.4 is 20.1 Å². The number of thioether (sulfide) groups is 1. The van der Waals surface area contributed by atoms with Crippen LogP contribution in [0, 0.1) is 0 Å². The van der Waals surface area contributed by atoms with Crippen molar-refractivity contribution in [2.45, 2.75) is 16.3 Å². The molecule has 212 valence electrons. The minimum absolute atomic E-state index is 0.0186. The fraction of sp³-hybridized carbons (Fsp3) is 0.133. The molecule has 0 saturated carbocycles. The Labute approximate surface area is 243 Å². The Morgan fingerprint density at radius 1 is 0.829 bits per heavy atom. The Morgan fingerprint density at radius 2 is 1.46 bits per heavy atom. The summed E-state index contributed by atoms with van der Waals surface area (Å²) in [4.78, 5) is 27.0. The molecule has 0 aliphatic carbocycles. The number of anilines is 2. The fourth-order valence-corrected chi connectivity index (χ4v) is 5.11. The number of amides is 2. The van der Waals surface area contributed by atoms with Crippen LogP contribution in [0.15, 0.2) is 95.9 Å². The molecule has 1 unspecified atom stereocenters. The van der Waals surface area contributed by atoms with Gasteiger partial charge in [0.05, 0.1) is 30.5 Å². The quantitative estimate of drug-likeness (QED) is 0.190. The van der Waals surface area contributed by atoms with Crippen molar-refractivity contribution >= 4 is 46.6 Å². The third kappa shape index (κ3) is 7.33. The van der Waals surface area contributed by atoms with E-state index in [1.54, 1.807) is 72.8 Å². The van der Waals surface area contributed by atoms with Gasteiger partial charge in [-0.2, -0.15) is 13.2 Å². The number of hydrogen-bond donors (Lipinski definition) is 2. The zero-order valence-corrected chi connectivity index (χ0v) is 23.4. The Morgan fingerprint density at radius 3 is 2.05 bits per heavy atom. The topological polar surface area (TPSA) is 76.7 Å². The molecule has 4 rings (SSSR count). The van der Waals surface area contributed by atoms with Crippen molar-refractivity contribution in [2.24, 2.45) is 0 Å². The van der Waals surface area contributed by atoms with Crippen molar-refractivity contribution in [1.29, 1.82) is 0 Å². The van der Waals surface area contributed by atoms with Crippen molar-refractivity contribution in [3.8, 4) is 11.5 Å². The highest BCUT2D eigenvalue weighted by Crippen LogP contribution is 2.39. The highest BCUT2D eigenvalue weighted by atomic mass is 35.5. The van der Waals surface area contributed by atoms with Crippen LogP contribution in [0.1, 0.15) is 26.7 Å². The van der Waals surface area contributed by atoms with Gasteiger partial charge >= 0.3 is 6.18 Å². The lowest BCUT2D eigenvalue weighted by atomic mass is 10.1. The van der Waals surface area contributed by atoms with Crippen molar-refractivity contribution in [2.75, 3.05) is 24.9 Å². The maximum Gasteiger partial charge on any atom is 0.416 e. The van der Waals surface area contributed by atoms with E-state index >= 15 is 0 Å². The zero-order valence-electron chi connectivity index (χ0n) is 21.8. The molecule has 41 heavy (non-hydrogen) atoms. The van der Waals surface area contributed by atoms with E-state index in [1.165, 1.54) is 26.0 Å². The summed E-state index contributed by atoms with van der Waals surface area (Å²) in [5.74, 6) is -0.277. The number of halogens is 4. The third-order valence-electron chi connectivity index (χ3n) is 5.91. The minimum Gasteiger partial charge on any atom is -0.496 e. The van der Waals surface area contributed by atoms with E-state index in [2.05, 4.69) is 10.6 Å². The van der Waals surface area contributed by atoms with Gasteiger partial charge in [-0.1, -0.05) is 48.0 Å². The summed E-state index contributed by atoms with van der Waals surface area (Å²) in [6, 6.07) is 23.4. The average molecular weight is 601 g/mol. The Kier molecular flexibility index (Phi) is 9.46. The molecule has 2 amide bonds. The number of benzene rings is 4. The van der Waals surface area contributed by atoms with E-state index in [9.17, 15) is 22.8 Å². The number of alkyl halides is 3. The minimum atomic E-state index is -4.59. The van der Waals surface area contributed by atoms with Gasteiger partial charge < -0.3 is 20.1 Å². The highest BCUT2D eigenvalue weighted by Gasteiger charge is 2.31. The van der Waals surface area contributed by atoms with E-state index in [0.717, 1.165) is 18.2 Å². The van der Waals surface area contributed by atoms with Crippen molar-refractivity contribution in [3.63, 3.8) is 0 Å². The summed E-state index contributed by atoms with van der Waals surface area (Å²) in [6.07, 6.45) is -4.59. The van der Waals surface area contributed by atoms with Crippen molar-refractivity contribution in [3.05, 3.63) is 113 Å². The number of methoxy groups -OCH3 is 2. The van der Waals surface area contributed by atoms with E-state index in [4.69, 9.17) is 21.1 Å². The van der Waals surface area contributed by atoms with Crippen LogP contribution in [-0.2, 0) is 11.0 Å². The molecule has 0 aliphatic rings. The molecule has 0 aromatic heterocycles. The molecule has 0 fully saturated rings. The Hall–Kier alpha value is -4.15. The highest BCUT2D eigenvalue weighted by molar-refractivity contribution is 8.00. The first-order valence-corrected chi connectivity index (χ1v) is 13.4. The first-order chi connectivity index (χ1) is 19.6. The van der Waals surface area contributed by atoms with Crippen LogP contribution in [-0.4, -0.2) is 26.0 Å². The number of ether oxygens (including phenoxy) is 2. The average Bonchev–Trinajstić information content (AvgIpc) is 2.97. The lowest BCUT2D eigenvalue weighted by molar-refractivity contribution is -0.137.